The topological polar surface area (TPSA) is 55.1 Å². The molecule has 4 heteroatoms. The Labute approximate surface area is 138 Å². The quantitative estimate of drug-likeness (QED) is 0.812. The lowest BCUT2D eigenvalue weighted by Gasteiger charge is -2.21. The summed E-state index contributed by atoms with van der Waals surface area (Å²) in [5.41, 5.74) is 7.74. The highest BCUT2D eigenvalue weighted by Crippen LogP contribution is 2.34. The molecule has 1 aromatic carbocycles. The van der Waals surface area contributed by atoms with Gasteiger partial charge in [-0.15, -0.1) is 11.8 Å². The number of aryl methyl sites for hydroxylation is 1. The van der Waals surface area contributed by atoms with Crippen LogP contribution in [0.4, 0.5) is 5.69 Å². The summed E-state index contributed by atoms with van der Waals surface area (Å²) in [4.78, 5) is 13.2. The van der Waals surface area contributed by atoms with Crippen LogP contribution in [0.1, 0.15) is 57.4 Å². The Hall–Kier alpha value is -1.00. The fourth-order valence-corrected chi connectivity index (χ4v) is 4.14. The molecular weight excluding hydrogens is 292 g/mol. The summed E-state index contributed by atoms with van der Waals surface area (Å²) >= 11 is 1.99. The number of rotatable bonds is 6. The molecule has 22 heavy (non-hydrogen) atoms. The van der Waals surface area contributed by atoms with Crippen molar-refractivity contribution >= 4 is 23.4 Å². The molecule has 0 bridgehead atoms. The van der Waals surface area contributed by atoms with Gasteiger partial charge < -0.3 is 11.1 Å². The Balaban J connectivity index is 1.89. The van der Waals surface area contributed by atoms with E-state index in [2.05, 4.69) is 24.4 Å². The molecule has 2 rings (SSSR count). The summed E-state index contributed by atoms with van der Waals surface area (Å²) < 4.78 is 0. The molecule has 1 amide bonds. The van der Waals surface area contributed by atoms with Gasteiger partial charge in [0.15, 0.2) is 0 Å². The van der Waals surface area contributed by atoms with Crippen LogP contribution < -0.4 is 11.1 Å². The highest BCUT2D eigenvalue weighted by atomic mass is 32.2. The molecule has 0 spiro atoms. The average molecular weight is 321 g/mol. The Kier molecular flexibility index (Phi) is 6.77. The minimum Gasteiger partial charge on any atom is -0.328 e. The molecular formula is C18H28N2OS. The first kappa shape index (κ1) is 17.4. The Morgan fingerprint density at radius 2 is 2.09 bits per heavy atom. The zero-order valence-corrected chi connectivity index (χ0v) is 14.5. The van der Waals surface area contributed by atoms with Crippen LogP contribution in [0.25, 0.3) is 0 Å². The smallest absolute Gasteiger partial charge is 0.224 e. The maximum Gasteiger partial charge on any atom is 0.224 e. The van der Waals surface area contributed by atoms with E-state index in [1.807, 2.05) is 24.8 Å². The molecule has 0 saturated heterocycles. The molecule has 0 aliphatic heterocycles. The number of carbonyl (C=O) groups excluding carboxylic acids is 1. The minimum absolute atomic E-state index is 0.0492. The summed E-state index contributed by atoms with van der Waals surface area (Å²) in [6.45, 7) is 3.99. The largest absolute Gasteiger partial charge is 0.328 e. The summed E-state index contributed by atoms with van der Waals surface area (Å²) in [5, 5.41) is 3.76. The van der Waals surface area contributed by atoms with Crippen molar-refractivity contribution in [2.75, 3.05) is 5.32 Å². The van der Waals surface area contributed by atoms with Gasteiger partial charge in [-0.3, -0.25) is 4.79 Å². The lowest BCUT2D eigenvalue weighted by atomic mass is 10.0. The Morgan fingerprint density at radius 1 is 1.36 bits per heavy atom. The lowest BCUT2D eigenvalue weighted by molar-refractivity contribution is -0.116. The van der Waals surface area contributed by atoms with Gasteiger partial charge in [0.1, 0.15) is 0 Å². The summed E-state index contributed by atoms with van der Waals surface area (Å²) in [7, 11) is 0. The van der Waals surface area contributed by atoms with E-state index in [4.69, 9.17) is 5.73 Å². The van der Waals surface area contributed by atoms with Gasteiger partial charge in [-0.05, 0) is 56.9 Å². The molecule has 1 fully saturated rings. The molecule has 122 valence electrons. The van der Waals surface area contributed by atoms with Gasteiger partial charge in [-0.2, -0.15) is 0 Å². The summed E-state index contributed by atoms with van der Waals surface area (Å²) in [5.74, 6) is 0.0492. The monoisotopic (exact) mass is 320 g/mol. The number of benzene rings is 1. The predicted molar refractivity (Wildman–Crippen MR) is 95.4 cm³/mol. The number of nitrogens with two attached hydrogens (primary N) is 1. The molecule has 0 heterocycles. The first-order chi connectivity index (χ1) is 10.5. The third-order valence-electron chi connectivity index (χ3n) is 4.15. The molecule has 0 aromatic heterocycles. The first-order valence-corrected chi connectivity index (χ1v) is 9.25. The van der Waals surface area contributed by atoms with Crippen LogP contribution >= 0.6 is 11.8 Å². The van der Waals surface area contributed by atoms with Crippen molar-refractivity contribution in [2.24, 2.45) is 5.73 Å². The molecule has 1 atom stereocenters. The van der Waals surface area contributed by atoms with Crippen molar-refractivity contribution in [2.45, 2.75) is 75.0 Å². The van der Waals surface area contributed by atoms with Crippen LogP contribution in [0.5, 0.6) is 0 Å². The Bertz CT molecular complexity index is 496. The second-order valence-electron chi connectivity index (χ2n) is 6.42. The number of thioether (sulfide) groups is 1. The van der Waals surface area contributed by atoms with E-state index in [-0.39, 0.29) is 11.9 Å². The zero-order chi connectivity index (χ0) is 15.9. The predicted octanol–water partition coefficient (Wildman–Crippen LogP) is 4.49. The van der Waals surface area contributed by atoms with Gasteiger partial charge in [0.2, 0.25) is 5.91 Å². The average Bonchev–Trinajstić information content (AvgIpc) is 2.49. The van der Waals surface area contributed by atoms with Crippen LogP contribution in [0, 0.1) is 6.92 Å². The van der Waals surface area contributed by atoms with Crippen LogP contribution in [-0.2, 0) is 4.79 Å². The number of amides is 1. The van der Waals surface area contributed by atoms with E-state index < -0.39 is 0 Å². The standard InChI is InChI=1S/C18H28N2OS/c1-13-12-16(22-15-6-4-3-5-7-15)9-10-17(13)20-18(21)11-8-14(2)19/h9-10,12,14-15H,3-8,11,19H2,1-2H3,(H,20,21). The highest BCUT2D eigenvalue weighted by molar-refractivity contribution is 8.00. The molecule has 1 aromatic rings. The highest BCUT2D eigenvalue weighted by Gasteiger charge is 2.15. The molecule has 1 unspecified atom stereocenters. The molecule has 1 saturated carbocycles. The summed E-state index contributed by atoms with van der Waals surface area (Å²) in [6, 6.07) is 6.43. The second kappa shape index (κ2) is 8.59. The molecule has 1 aliphatic carbocycles. The van der Waals surface area contributed by atoms with E-state index >= 15 is 0 Å². The normalized spacial score (nSPS) is 17.2. The number of hydrogen-bond donors (Lipinski definition) is 2. The SMILES string of the molecule is Cc1cc(SC2CCCCC2)ccc1NC(=O)CCC(C)N. The molecule has 0 radical (unpaired) electrons. The maximum absolute atomic E-state index is 11.9. The van der Waals surface area contributed by atoms with Gasteiger partial charge in [-0.1, -0.05) is 19.3 Å². The zero-order valence-electron chi connectivity index (χ0n) is 13.7. The number of hydrogen-bond acceptors (Lipinski definition) is 3. The third-order valence-corrected chi connectivity index (χ3v) is 5.48. The van der Waals surface area contributed by atoms with Crippen molar-refractivity contribution in [3.63, 3.8) is 0 Å². The lowest BCUT2D eigenvalue weighted by Crippen LogP contribution is -2.19. The van der Waals surface area contributed by atoms with Gasteiger partial charge >= 0.3 is 0 Å². The van der Waals surface area contributed by atoms with Crippen LogP contribution in [-0.4, -0.2) is 17.2 Å². The maximum atomic E-state index is 11.9. The molecule has 3 nitrogen and oxygen atoms in total. The van der Waals surface area contributed by atoms with Crippen LogP contribution in [0.3, 0.4) is 0 Å². The third kappa shape index (κ3) is 5.65. The molecule has 3 N–H and O–H groups in total. The summed E-state index contributed by atoms with van der Waals surface area (Å²) in [6.07, 6.45) is 7.99. The van der Waals surface area contributed by atoms with Gasteiger partial charge in [-0.25, -0.2) is 0 Å². The van der Waals surface area contributed by atoms with E-state index in [0.717, 1.165) is 22.9 Å². The van der Waals surface area contributed by atoms with Crippen LogP contribution in [0.2, 0.25) is 0 Å². The van der Waals surface area contributed by atoms with Gasteiger partial charge in [0.05, 0.1) is 0 Å². The van der Waals surface area contributed by atoms with Crippen LogP contribution in [0.15, 0.2) is 23.1 Å². The molecule has 1 aliphatic rings. The van der Waals surface area contributed by atoms with Crippen molar-refractivity contribution in [1.29, 1.82) is 0 Å². The number of anilines is 1. The van der Waals surface area contributed by atoms with Crippen molar-refractivity contribution in [1.82, 2.24) is 0 Å². The van der Waals surface area contributed by atoms with Gasteiger partial charge in [0.25, 0.3) is 0 Å². The van der Waals surface area contributed by atoms with Gasteiger partial charge in [0, 0.05) is 28.3 Å². The van der Waals surface area contributed by atoms with E-state index in [9.17, 15) is 4.79 Å². The Morgan fingerprint density at radius 3 is 2.73 bits per heavy atom. The first-order valence-electron chi connectivity index (χ1n) is 8.37. The number of carbonyl (C=O) groups is 1. The van der Waals surface area contributed by atoms with Crippen molar-refractivity contribution < 1.29 is 4.79 Å². The van der Waals surface area contributed by atoms with E-state index in [1.54, 1.807) is 0 Å². The number of nitrogens with one attached hydrogen (secondary N) is 1. The minimum atomic E-state index is 0.0492. The fourth-order valence-electron chi connectivity index (χ4n) is 2.80. The van der Waals surface area contributed by atoms with E-state index in [1.165, 1.54) is 37.0 Å². The fraction of sp³-hybridized carbons (Fsp3) is 0.611. The second-order valence-corrected chi connectivity index (χ2v) is 7.79. The van der Waals surface area contributed by atoms with Crippen molar-refractivity contribution in [3.05, 3.63) is 23.8 Å². The van der Waals surface area contributed by atoms with Crippen molar-refractivity contribution in [3.8, 4) is 0 Å². The van der Waals surface area contributed by atoms with E-state index in [0.29, 0.717) is 6.42 Å².